The van der Waals surface area contributed by atoms with Crippen molar-refractivity contribution in [3.8, 4) is 0 Å². The van der Waals surface area contributed by atoms with Crippen molar-refractivity contribution in [2.75, 3.05) is 0 Å². The number of nitrogens with zero attached hydrogens (tertiary/aromatic N) is 1. The van der Waals surface area contributed by atoms with Gasteiger partial charge in [0.2, 0.25) is 0 Å². The molecule has 0 saturated heterocycles. The van der Waals surface area contributed by atoms with Crippen LogP contribution in [-0.2, 0) is 12.8 Å². The molecule has 17 heavy (non-hydrogen) atoms. The maximum Gasteiger partial charge on any atom is 0.106 e. The Hall–Kier alpha value is -1.57. The molecule has 0 unspecified atom stereocenters. The zero-order valence-corrected chi connectivity index (χ0v) is 10.9. The van der Waals surface area contributed by atoms with E-state index in [-0.39, 0.29) is 0 Å². The molecule has 0 spiro atoms. The highest BCUT2D eigenvalue weighted by Crippen LogP contribution is 2.16. The summed E-state index contributed by atoms with van der Waals surface area (Å²) in [5, 5.41) is 0. The van der Waals surface area contributed by atoms with Crippen LogP contribution in [0.5, 0.6) is 0 Å². The number of rotatable bonds is 4. The number of hydrogen-bond acceptors (Lipinski definition) is 1. The summed E-state index contributed by atoms with van der Waals surface area (Å²) in [4.78, 5) is 7.62. The Bertz CT molecular complexity index is 477. The largest absolute Gasteiger partial charge is 0.346 e. The number of aromatic amines is 1. The molecule has 1 aromatic carbocycles. The van der Waals surface area contributed by atoms with E-state index in [9.17, 15) is 0 Å². The van der Waals surface area contributed by atoms with E-state index in [1.807, 2.05) is 13.1 Å². The van der Waals surface area contributed by atoms with Gasteiger partial charge in [0.15, 0.2) is 0 Å². The zero-order valence-electron chi connectivity index (χ0n) is 10.9. The Morgan fingerprint density at radius 3 is 2.35 bits per heavy atom. The molecular weight excluding hydrogens is 208 g/mol. The third-order valence-corrected chi connectivity index (χ3v) is 3.24. The lowest BCUT2D eigenvalue weighted by molar-refractivity contribution is 0.775. The molecule has 0 amide bonds. The SMILES string of the molecule is Cc1cnc(CCCc2c(C)cccc2C)[nH]1. The lowest BCUT2D eigenvalue weighted by Crippen LogP contribution is -1.96. The molecule has 2 nitrogen and oxygen atoms in total. The Labute approximate surface area is 103 Å². The van der Waals surface area contributed by atoms with Gasteiger partial charge >= 0.3 is 0 Å². The molecule has 0 saturated carbocycles. The molecule has 0 bridgehead atoms. The van der Waals surface area contributed by atoms with Gasteiger partial charge in [0.05, 0.1) is 0 Å². The molecule has 0 aliphatic heterocycles. The Balaban J connectivity index is 1.94. The molecule has 90 valence electrons. The summed E-state index contributed by atoms with van der Waals surface area (Å²) >= 11 is 0. The standard InChI is InChI=1S/C15H20N2/c1-11-6-4-7-12(2)14(11)8-5-9-15-16-10-13(3)17-15/h4,6-7,10H,5,8-9H2,1-3H3,(H,16,17). The van der Waals surface area contributed by atoms with Crippen molar-refractivity contribution in [2.24, 2.45) is 0 Å². The van der Waals surface area contributed by atoms with E-state index in [0.29, 0.717) is 0 Å². The molecular formula is C15H20N2. The number of aryl methyl sites for hydroxylation is 4. The number of H-pyrrole nitrogens is 1. The molecule has 0 radical (unpaired) electrons. The maximum atomic E-state index is 4.34. The van der Waals surface area contributed by atoms with Crippen molar-refractivity contribution >= 4 is 0 Å². The van der Waals surface area contributed by atoms with Crippen molar-refractivity contribution in [1.29, 1.82) is 0 Å². The van der Waals surface area contributed by atoms with E-state index < -0.39 is 0 Å². The van der Waals surface area contributed by atoms with Crippen LogP contribution in [0.3, 0.4) is 0 Å². The number of aromatic nitrogens is 2. The number of benzene rings is 1. The molecule has 1 N–H and O–H groups in total. The first-order valence-corrected chi connectivity index (χ1v) is 6.22. The minimum Gasteiger partial charge on any atom is -0.346 e. The van der Waals surface area contributed by atoms with Gasteiger partial charge in [-0.2, -0.15) is 0 Å². The summed E-state index contributed by atoms with van der Waals surface area (Å²) in [5.41, 5.74) is 5.45. The Morgan fingerprint density at radius 2 is 1.76 bits per heavy atom. The molecule has 1 aromatic heterocycles. The summed E-state index contributed by atoms with van der Waals surface area (Å²) in [6.45, 7) is 6.43. The maximum absolute atomic E-state index is 4.34. The van der Waals surface area contributed by atoms with Crippen molar-refractivity contribution in [2.45, 2.75) is 40.0 Å². The molecule has 0 fully saturated rings. The van der Waals surface area contributed by atoms with Crippen molar-refractivity contribution in [3.05, 3.63) is 52.6 Å². The van der Waals surface area contributed by atoms with Crippen LogP contribution >= 0.6 is 0 Å². The van der Waals surface area contributed by atoms with Gasteiger partial charge in [-0.15, -0.1) is 0 Å². The third kappa shape index (κ3) is 2.96. The van der Waals surface area contributed by atoms with Crippen molar-refractivity contribution in [1.82, 2.24) is 9.97 Å². The fourth-order valence-corrected chi connectivity index (χ4v) is 2.27. The first kappa shape index (κ1) is 11.9. The minimum atomic E-state index is 1.03. The Morgan fingerprint density at radius 1 is 1.06 bits per heavy atom. The van der Waals surface area contributed by atoms with Crippen molar-refractivity contribution < 1.29 is 0 Å². The van der Waals surface area contributed by atoms with Gasteiger partial charge in [0, 0.05) is 18.3 Å². The van der Waals surface area contributed by atoms with E-state index in [1.165, 1.54) is 16.7 Å². The first-order chi connectivity index (χ1) is 8.16. The van der Waals surface area contributed by atoms with Crippen LogP contribution in [0.1, 0.15) is 34.6 Å². The quantitative estimate of drug-likeness (QED) is 0.852. The number of hydrogen-bond donors (Lipinski definition) is 1. The lowest BCUT2D eigenvalue weighted by Gasteiger charge is -2.08. The van der Waals surface area contributed by atoms with Crippen molar-refractivity contribution in [3.63, 3.8) is 0 Å². The van der Waals surface area contributed by atoms with E-state index in [2.05, 4.69) is 42.0 Å². The van der Waals surface area contributed by atoms with Crippen LogP contribution in [0.4, 0.5) is 0 Å². The summed E-state index contributed by atoms with van der Waals surface area (Å²) in [6.07, 6.45) is 5.22. The zero-order chi connectivity index (χ0) is 12.3. The highest BCUT2D eigenvalue weighted by Gasteiger charge is 2.03. The van der Waals surface area contributed by atoms with Crippen LogP contribution in [0, 0.1) is 20.8 Å². The predicted octanol–water partition coefficient (Wildman–Crippen LogP) is 3.51. The molecule has 0 aliphatic carbocycles. The van der Waals surface area contributed by atoms with Gasteiger partial charge in [-0.1, -0.05) is 18.2 Å². The highest BCUT2D eigenvalue weighted by molar-refractivity contribution is 5.33. The average Bonchev–Trinajstić information content (AvgIpc) is 2.69. The second-order valence-corrected chi connectivity index (χ2v) is 4.74. The van der Waals surface area contributed by atoms with Gasteiger partial charge in [0.25, 0.3) is 0 Å². The van der Waals surface area contributed by atoms with E-state index in [0.717, 1.165) is 30.8 Å². The summed E-state index contributed by atoms with van der Waals surface area (Å²) in [5.74, 6) is 1.11. The number of nitrogens with one attached hydrogen (secondary N) is 1. The fourth-order valence-electron chi connectivity index (χ4n) is 2.27. The van der Waals surface area contributed by atoms with Gasteiger partial charge in [-0.3, -0.25) is 0 Å². The molecule has 2 aromatic rings. The van der Waals surface area contributed by atoms with Crippen LogP contribution in [0.2, 0.25) is 0 Å². The van der Waals surface area contributed by atoms with Gasteiger partial charge in [0.1, 0.15) is 5.82 Å². The van der Waals surface area contributed by atoms with E-state index >= 15 is 0 Å². The molecule has 2 rings (SSSR count). The monoisotopic (exact) mass is 228 g/mol. The molecule has 0 aliphatic rings. The summed E-state index contributed by atoms with van der Waals surface area (Å²) < 4.78 is 0. The second-order valence-electron chi connectivity index (χ2n) is 4.74. The molecule has 0 atom stereocenters. The van der Waals surface area contributed by atoms with Crippen LogP contribution in [0.25, 0.3) is 0 Å². The van der Waals surface area contributed by atoms with E-state index in [4.69, 9.17) is 0 Å². The van der Waals surface area contributed by atoms with Crippen LogP contribution in [-0.4, -0.2) is 9.97 Å². The molecule has 1 heterocycles. The number of imidazole rings is 1. The van der Waals surface area contributed by atoms with Gasteiger partial charge in [-0.25, -0.2) is 4.98 Å². The normalized spacial score (nSPS) is 10.8. The second kappa shape index (κ2) is 5.17. The minimum absolute atomic E-state index is 1.03. The molecule has 2 heteroatoms. The third-order valence-electron chi connectivity index (χ3n) is 3.24. The topological polar surface area (TPSA) is 28.7 Å². The van der Waals surface area contributed by atoms with Crippen LogP contribution in [0.15, 0.2) is 24.4 Å². The lowest BCUT2D eigenvalue weighted by atomic mass is 9.98. The summed E-state index contributed by atoms with van der Waals surface area (Å²) in [6, 6.07) is 6.52. The average molecular weight is 228 g/mol. The van der Waals surface area contributed by atoms with Gasteiger partial charge in [-0.05, 0) is 50.3 Å². The van der Waals surface area contributed by atoms with Gasteiger partial charge < -0.3 is 4.98 Å². The summed E-state index contributed by atoms with van der Waals surface area (Å²) in [7, 11) is 0. The fraction of sp³-hybridized carbons (Fsp3) is 0.400. The Kier molecular flexibility index (Phi) is 3.62. The smallest absolute Gasteiger partial charge is 0.106 e. The van der Waals surface area contributed by atoms with Crippen LogP contribution < -0.4 is 0 Å². The van der Waals surface area contributed by atoms with E-state index in [1.54, 1.807) is 0 Å². The first-order valence-electron chi connectivity index (χ1n) is 6.22. The highest BCUT2D eigenvalue weighted by atomic mass is 14.9. The predicted molar refractivity (Wildman–Crippen MR) is 71.3 cm³/mol.